The van der Waals surface area contributed by atoms with Crippen LogP contribution in [0.3, 0.4) is 0 Å². The van der Waals surface area contributed by atoms with Crippen LogP contribution in [0.1, 0.15) is 5.82 Å². The van der Waals surface area contributed by atoms with E-state index in [0.29, 0.717) is 0 Å². The quantitative estimate of drug-likeness (QED) is 0.600. The van der Waals surface area contributed by atoms with Gasteiger partial charge in [-0.2, -0.15) is 4.37 Å². The largest absolute Gasteiger partial charge is 0.396 e. The fourth-order valence-corrected chi connectivity index (χ4v) is 4.29. The first-order valence-electron chi connectivity index (χ1n) is 8.69. The van der Waals surface area contributed by atoms with E-state index in [9.17, 15) is 0 Å². The van der Waals surface area contributed by atoms with Crippen molar-refractivity contribution in [1.82, 2.24) is 23.6 Å². The van der Waals surface area contributed by atoms with E-state index in [1.807, 2.05) is 24.3 Å². The number of aromatic nitrogens is 4. The van der Waals surface area contributed by atoms with Crippen LogP contribution in [0, 0.1) is 0 Å². The van der Waals surface area contributed by atoms with Gasteiger partial charge in [0.05, 0.1) is 23.3 Å². The molecule has 0 unspecified atom stereocenters. The second-order valence-corrected chi connectivity index (χ2v) is 7.23. The molecule has 4 aromatic rings. The Morgan fingerprint density at radius 1 is 1.04 bits per heavy atom. The van der Waals surface area contributed by atoms with E-state index in [1.165, 1.54) is 11.5 Å². The minimum Gasteiger partial charge on any atom is -0.396 e. The number of pyridine rings is 1. The van der Waals surface area contributed by atoms with E-state index in [4.69, 9.17) is 5.73 Å². The highest BCUT2D eigenvalue weighted by molar-refractivity contribution is 7.11. The number of nitrogen functional groups attached to an aromatic ring is 1. The number of rotatable bonds is 3. The lowest BCUT2D eigenvalue weighted by molar-refractivity contribution is 0.244. The molecule has 2 N–H and O–H groups in total. The van der Waals surface area contributed by atoms with Crippen molar-refractivity contribution in [3.8, 4) is 0 Å². The van der Waals surface area contributed by atoms with Crippen LogP contribution in [0.4, 0.5) is 11.5 Å². The second-order valence-electron chi connectivity index (χ2n) is 6.50. The lowest BCUT2D eigenvalue weighted by atomic mass is 10.2. The summed E-state index contributed by atoms with van der Waals surface area (Å²) in [4.78, 5) is 14.7. The number of nitrogens with two attached hydrogens (primary N) is 1. The smallest absolute Gasteiger partial charge is 0.214 e. The molecular formula is C18H19N7S. The Morgan fingerprint density at radius 3 is 2.73 bits per heavy atom. The molecule has 0 atom stereocenters. The zero-order valence-electron chi connectivity index (χ0n) is 14.2. The third kappa shape index (κ3) is 2.58. The normalized spacial score (nSPS) is 15.9. The maximum Gasteiger partial charge on any atom is 0.214 e. The number of hydrogen-bond donors (Lipinski definition) is 1. The van der Waals surface area contributed by atoms with Gasteiger partial charge in [0.1, 0.15) is 5.82 Å². The summed E-state index contributed by atoms with van der Waals surface area (Å²) < 4.78 is 6.83. The molecule has 0 saturated carbocycles. The van der Waals surface area contributed by atoms with Crippen molar-refractivity contribution in [3.63, 3.8) is 0 Å². The minimum atomic E-state index is 0.743. The van der Waals surface area contributed by atoms with Crippen molar-refractivity contribution in [1.29, 1.82) is 0 Å². The minimum absolute atomic E-state index is 0.743. The first-order valence-corrected chi connectivity index (χ1v) is 9.46. The molecule has 1 aromatic carbocycles. The SMILES string of the molecule is Nc1cccnc1N1CCN(Cc2nsc3nc4ccccc4n23)CC1. The Hall–Kier alpha value is -2.71. The molecule has 0 bridgehead atoms. The van der Waals surface area contributed by atoms with Gasteiger partial charge in [-0.05, 0) is 24.3 Å². The summed E-state index contributed by atoms with van der Waals surface area (Å²) in [6.45, 7) is 4.58. The van der Waals surface area contributed by atoms with E-state index in [1.54, 1.807) is 6.20 Å². The monoisotopic (exact) mass is 365 g/mol. The standard InChI is InChI=1S/C18H19N7S/c19-13-4-3-7-20-17(13)24-10-8-23(9-11-24)12-16-22-26-18-21-14-5-1-2-6-15(14)25(16)18/h1-7H,8-12,19H2. The van der Waals surface area contributed by atoms with Crippen LogP contribution in [0.5, 0.6) is 0 Å². The second kappa shape index (κ2) is 6.22. The molecule has 0 spiro atoms. The van der Waals surface area contributed by atoms with Crippen LogP contribution in [0.2, 0.25) is 0 Å². The van der Waals surface area contributed by atoms with Gasteiger partial charge in [-0.15, -0.1) is 0 Å². The van der Waals surface area contributed by atoms with E-state index in [-0.39, 0.29) is 0 Å². The summed E-state index contributed by atoms with van der Waals surface area (Å²) in [5.74, 6) is 1.95. The third-order valence-electron chi connectivity index (χ3n) is 4.87. The van der Waals surface area contributed by atoms with E-state index in [2.05, 4.69) is 40.7 Å². The number of fused-ring (bicyclic) bond motifs is 3. The lowest BCUT2D eigenvalue weighted by Gasteiger charge is -2.35. The maximum absolute atomic E-state index is 6.06. The van der Waals surface area contributed by atoms with Crippen molar-refractivity contribution in [3.05, 3.63) is 48.4 Å². The van der Waals surface area contributed by atoms with E-state index in [0.717, 1.165) is 66.0 Å². The Bertz CT molecular complexity index is 1060. The van der Waals surface area contributed by atoms with Crippen molar-refractivity contribution in [2.24, 2.45) is 0 Å². The molecule has 0 radical (unpaired) electrons. The number of imidazole rings is 1. The Labute approximate surface area is 154 Å². The molecule has 7 nitrogen and oxygen atoms in total. The fraction of sp³-hybridized carbons (Fsp3) is 0.278. The highest BCUT2D eigenvalue weighted by Gasteiger charge is 2.21. The van der Waals surface area contributed by atoms with E-state index < -0.39 is 0 Å². The zero-order valence-corrected chi connectivity index (χ0v) is 15.1. The molecule has 8 heteroatoms. The van der Waals surface area contributed by atoms with Crippen LogP contribution in [-0.2, 0) is 6.54 Å². The number of benzene rings is 1. The first-order chi connectivity index (χ1) is 12.8. The van der Waals surface area contributed by atoms with Crippen LogP contribution < -0.4 is 10.6 Å². The third-order valence-corrected chi connectivity index (χ3v) is 5.61. The van der Waals surface area contributed by atoms with Crippen LogP contribution in [0.15, 0.2) is 42.6 Å². The van der Waals surface area contributed by atoms with Crippen molar-refractivity contribution in [2.45, 2.75) is 6.54 Å². The summed E-state index contributed by atoms with van der Waals surface area (Å²) >= 11 is 1.47. The number of nitrogens with zero attached hydrogens (tertiary/aromatic N) is 6. The van der Waals surface area contributed by atoms with Gasteiger partial charge in [0.15, 0.2) is 5.82 Å². The molecule has 1 aliphatic heterocycles. The highest BCUT2D eigenvalue weighted by atomic mass is 32.1. The highest BCUT2D eigenvalue weighted by Crippen LogP contribution is 2.24. The molecule has 0 amide bonds. The van der Waals surface area contributed by atoms with E-state index >= 15 is 0 Å². The van der Waals surface area contributed by atoms with Gasteiger partial charge in [0.25, 0.3) is 0 Å². The topological polar surface area (TPSA) is 75.6 Å². The number of anilines is 2. The predicted molar refractivity (Wildman–Crippen MR) is 105 cm³/mol. The summed E-state index contributed by atoms with van der Waals surface area (Å²) in [6, 6.07) is 12.0. The van der Waals surface area contributed by atoms with Gasteiger partial charge in [-0.1, -0.05) is 12.1 Å². The molecule has 1 fully saturated rings. The van der Waals surface area contributed by atoms with Crippen molar-refractivity contribution < 1.29 is 0 Å². The van der Waals surface area contributed by atoms with Crippen LogP contribution in [-0.4, -0.2) is 49.8 Å². The molecular weight excluding hydrogens is 346 g/mol. The maximum atomic E-state index is 6.06. The summed E-state index contributed by atoms with van der Waals surface area (Å²) in [5, 5.41) is 0. The predicted octanol–water partition coefficient (Wildman–Crippen LogP) is 2.24. The molecule has 132 valence electrons. The van der Waals surface area contributed by atoms with Gasteiger partial charge < -0.3 is 10.6 Å². The molecule has 1 saturated heterocycles. The summed E-state index contributed by atoms with van der Waals surface area (Å²) in [5.41, 5.74) is 8.96. The molecule has 0 aliphatic carbocycles. The van der Waals surface area contributed by atoms with Crippen molar-refractivity contribution in [2.75, 3.05) is 36.8 Å². The van der Waals surface area contributed by atoms with Gasteiger partial charge in [0, 0.05) is 43.9 Å². The van der Waals surface area contributed by atoms with Gasteiger partial charge >= 0.3 is 0 Å². The number of para-hydroxylation sites is 2. The Morgan fingerprint density at radius 2 is 1.88 bits per heavy atom. The average Bonchev–Trinajstić information content (AvgIpc) is 3.23. The molecule has 3 aromatic heterocycles. The molecule has 5 rings (SSSR count). The number of piperazine rings is 1. The summed E-state index contributed by atoms with van der Waals surface area (Å²) in [7, 11) is 0. The van der Waals surface area contributed by atoms with Gasteiger partial charge in [-0.25, -0.2) is 9.97 Å². The van der Waals surface area contributed by atoms with Gasteiger partial charge in [-0.3, -0.25) is 9.30 Å². The van der Waals surface area contributed by atoms with Crippen LogP contribution >= 0.6 is 11.5 Å². The van der Waals surface area contributed by atoms with Crippen molar-refractivity contribution >= 4 is 39.0 Å². The summed E-state index contributed by atoms with van der Waals surface area (Å²) in [6.07, 6.45) is 1.80. The average molecular weight is 365 g/mol. The lowest BCUT2D eigenvalue weighted by Crippen LogP contribution is -2.46. The Balaban J connectivity index is 1.34. The molecule has 26 heavy (non-hydrogen) atoms. The number of hydrogen-bond acceptors (Lipinski definition) is 7. The zero-order chi connectivity index (χ0) is 17.5. The fourth-order valence-electron chi connectivity index (χ4n) is 3.54. The first kappa shape index (κ1) is 15.5. The molecule has 1 aliphatic rings. The molecule has 4 heterocycles. The van der Waals surface area contributed by atoms with Crippen LogP contribution in [0.25, 0.3) is 16.0 Å². The van der Waals surface area contributed by atoms with Gasteiger partial charge in [0.2, 0.25) is 4.96 Å². The Kier molecular flexibility index (Phi) is 3.72.